The molecule has 0 aliphatic heterocycles. The molecule has 0 spiro atoms. The molecule has 31 heavy (non-hydrogen) atoms. The van der Waals surface area contributed by atoms with Crippen LogP contribution in [-0.2, 0) is 5.41 Å². The number of aryl methyl sites for hydroxylation is 1. The van der Waals surface area contributed by atoms with Gasteiger partial charge in [-0.05, 0) is 60.9 Å². The number of anilines is 2. The quantitative estimate of drug-likeness (QED) is 0.527. The van der Waals surface area contributed by atoms with Gasteiger partial charge in [0.2, 0.25) is 0 Å². The second-order valence-corrected chi connectivity index (χ2v) is 9.15. The maximum atomic E-state index is 12.7. The van der Waals surface area contributed by atoms with Gasteiger partial charge in [0.1, 0.15) is 12.2 Å². The highest BCUT2D eigenvalue weighted by Crippen LogP contribution is 2.35. The van der Waals surface area contributed by atoms with Gasteiger partial charge in [-0.3, -0.25) is 0 Å². The number of hydrogen-bond acceptors (Lipinski definition) is 6. The van der Waals surface area contributed by atoms with E-state index >= 15 is 0 Å². The van der Waals surface area contributed by atoms with Gasteiger partial charge in [0.25, 0.3) is 5.89 Å². The molecule has 166 valence electrons. The predicted octanol–water partition coefficient (Wildman–Crippen LogP) is 5.83. The molecular weight excluding hydrogens is 407 g/mol. The van der Waals surface area contributed by atoms with Crippen molar-refractivity contribution in [2.45, 2.75) is 64.6 Å². The lowest BCUT2D eigenvalue weighted by molar-refractivity contribution is -0.115. The molecule has 1 aromatic carbocycles. The van der Waals surface area contributed by atoms with Crippen LogP contribution >= 0.6 is 0 Å². The Morgan fingerprint density at radius 1 is 1.10 bits per heavy atom. The summed E-state index contributed by atoms with van der Waals surface area (Å²) in [5.74, 6) is 0.311. The van der Waals surface area contributed by atoms with Gasteiger partial charge in [-0.15, -0.1) is 5.10 Å². The summed E-state index contributed by atoms with van der Waals surface area (Å²) in [5.41, 5.74) is 3.04. The summed E-state index contributed by atoms with van der Waals surface area (Å²) in [6.07, 6.45) is -0.925. The highest BCUT2D eigenvalue weighted by atomic mass is 19.4. The minimum atomic E-state index is -4.29. The number of rotatable bonds is 5. The predicted molar refractivity (Wildman–Crippen MR) is 114 cm³/mol. The third-order valence-electron chi connectivity index (χ3n) is 5.50. The second kappa shape index (κ2) is 7.69. The molecule has 1 aliphatic carbocycles. The molecule has 0 amide bonds. The summed E-state index contributed by atoms with van der Waals surface area (Å²) < 4.78 is 43.9. The first kappa shape index (κ1) is 21.4. The lowest BCUT2D eigenvalue weighted by Gasteiger charge is -2.24. The number of pyridine rings is 1. The summed E-state index contributed by atoms with van der Waals surface area (Å²) in [6.45, 7) is 6.83. The number of hydrogen-bond donors (Lipinski definition) is 2. The van der Waals surface area contributed by atoms with Crippen molar-refractivity contribution in [1.82, 2.24) is 15.2 Å². The summed E-state index contributed by atoms with van der Waals surface area (Å²) in [5, 5.41) is 14.7. The Kier molecular flexibility index (Phi) is 5.31. The minimum Gasteiger partial charge on any atom is -0.402 e. The van der Waals surface area contributed by atoms with Crippen molar-refractivity contribution in [3.05, 3.63) is 29.3 Å². The molecule has 0 radical (unpaired) electrons. The Hall–Kier alpha value is -2.84. The van der Waals surface area contributed by atoms with Gasteiger partial charge in [0, 0.05) is 17.1 Å². The van der Waals surface area contributed by atoms with Gasteiger partial charge in [0.05, 0.1) is 5.52 Å². The largest absolute Gasteiger partial charge is 0.405 e. The molecule has 9 heteroatoms. The molecule has 0 saturated heterocycles. The molecule has 0 bridgehead atoms. The van der Waals surface area contributed by atoms with E-state index in [9.17, 15) is 13.2 Å². The number of fused-ring (bicyclic) bond motifs is 1. The summed E-state index contributed by atoms with van der Waals surface area (Å²) in [7, 11) is 0. The fourth-order valence-electron chi connectivity index (χ4n) is 3.59. The Morgan fingerprint density at radius 2 is 1.84 bits per heavy atom. The van der Waals surface area contributed by atoms with E-state index in [-0.39, 0.29) is 5.41 Å². The molecular formula is C22H26F3N5O. The van der Waals surface area contributed by atoms with Gasteiger partial charge in [-0.25, -0.2) is 4.98 Å². The van der Waals surface area contributed by atoms with Crippen LogP contribution in [0.25, 0.3) is 22.5 Å². The van der Waals surface area contributed by atoms with Crippen LogP contribution in [0.1, 0.15) is 51.2 Å². The second-order valence-electron chi connectivity index (χ2n) is 9.15. The van der Waals surface area contributed by atoms with Crippen molar-refractivity contribution in [2.75, 3.05) is 17.2 Å². The molecule has 0 atom stereocenters. The van der Waals surface area contributed by atoms with E-state index in [0.717, 1.165) is 29.4 Å². The number of nitrogens with zero attached hydrogens (tertiary/aromatic N) is 3. The van der Waals surface area contributed by atoms with Crippen LogP contribution in [0.3, 0.4) is 0 Å². The van der Waals surface area contributed by atoms with Crippen LogP contribution < -0.4 is 10.6 Å². The molecule has 2 aromatic heterocycles. The van der Waals surface area contributed by atoms with Gasteiger partial charge < -0.3 is 15.1 Å². The lowest BCUT2D eigenvalue weighted by Crippen LogP contribution is -2.27. The fourth-order valence-corrected chi connectivity index (χ4v) is 3.59. The molecule has 2 N–H and O–H groups in total. The van der Waals surface area contributed by atoms with Crippen LogP contribution in [0.5, 0.6) is 0 Å². The SMILES string of the molecule is Cc1cc(-c2nnc(NC3CCC3)o2)nc2c(C(C)(C)C)cc(NCC(F)(F)F)cc12. The molecule has 4 rings (SSSR count). The summed E-state index contributed by atoms with van der Waals surface area (Å²) in [6, 6.07) is 6.02. The summed E-state index contributed by atoms with van der Waals surface area (Å²) in [4.78, 5) is 4.78. The van der Waals surface area contributed by atoms with Crippen molar-refractivity contribution in [3.8, 4) is 11.6 Å². The van der Waals surface area contributed by atoms with Crippen LogP contribution in [0.2, 0.25) is 0 Å². The number of benzene rings is 1. The number of nitrogens with one attached hydrogen (secondary N) is 2. The fraction of sp³-hybridized carbons (Fsp3) is 0.500. The van der Waals surface area contributed by atoms with Crippen molar-refractivity contribution in [3.63, 3.8) is 0 Å². The van der Waals surface area contributed by atoms with E-state index in [1.165, 1.54) is 6.42 Å². The average Bonchev–Trinajstić information content (AvgIpc) is 3.10. The Labute approximate surface area is 178 Å². The first-order valence-electron chi connectivity index (χ1n) is 10.4. The van der Waals surface area contributed by atoms with Crippen LogP contribution in [-0.4, -0.2) is 33.9 Å². The highest BCUT2D eigenvalue weighted by molar-refractivity contribution is 5.90. The van der Waals surface area contributed by atoms with Gasteiger partial charge in [-0.1, -0.05) is 25.9 Å². The van der Waals surface area contributed by atoms with Crippen molar-refractivity contribution in [2.24, 2.45) is 0 Å². The first-order valence-corrected chi connectivity index (χ1v) is 10.4. The van der Waals surface area contributed by atoms with E-state index in [4.69, 9.17) is 9.40 Å². The van der Waals surface area contributed by atoms with Crippen LogP contribution in [0.4, 0.5) is 24.9 Å². The van der Waals surface area contributed by atoms with Crippen molar-refractivity contribution in [1.29, 1.82) is 0 Å². The Balaban J connectivity index is 1.74. The Morgan fingerprint density at radius 3 is 2.45 bits per heavy atom. The zero-order chi connectivity index (χ0) is 22.4. The van der Waals surface area contributed by atoms with E-state index < -0.39 is 12.7 Å². The molecule has 3 aromatic rings. The zero-order valence-corrected chi connectivity index (χ0v) is 18.0. The number of alkyl halides is 3. The standard InChI is InChI=1S/C22H26F3N5O/c1-12-8-17(19-29-30-20(31-19)27-13-6-5-7-13)28-18-15(12)9-14(26-11-22(23,24)25)10-16(18)21(2,3)4/h8-10,13,26H,5-7,11H2,1-4H3,(H,27,30). The highest BCUT2D eigenvalue weighted by Gasteiger charge is 2.28. The third kappa shape index (κ3) is 4.75. The van der Waals surface area contributed by atoms with E-state index in [0.29, 0.717) is 34.8 Å². The van der Waals surface area contributed by atoms with Crippen LogP contribution in [0, 0.1) is 6.92 Å². The first-order chi connectivity index (χ1) is 14.5. The maximum Gasteiger partial charge on any atom is 0.405 e. The maximum absolute atomic E-state index is 12.7. The molecule has 2 heterocycles. The molecule has 1 fully saturated rings. The number of aromatic nitrogens is 3. The lowest BCUT2D eigenvalue weighted by atomic mass is 9.84. The molecule has 1 aliphatic rings. The minimum absolute atomic E-state index is 0.311. The average molecular weight is 433 g/mol. The normalized spacial score (nSPS) is 15.2. The van der Waals surface area contributed by atoms with Gasteiger partial charge in [0.15, 0.2) is 0 Å². The van der Waals surface area contributed by atoms with E-state index in [1.807, 2.05) is 33.8 Å². The van der Waals surface area contributed by atoms with Gasteiger partial charge >= 0.3 is 12.2 Å². The van der Waals surface area contributed by atoms with Crippen molar-refractivity contribution >= 4 is 22.6 Å². The van der Waals surface area contributed by atoms with Crippen LogP contribution in [0.15, 0.2) is 22.6 Å². The molecule has 1 saturated carbocycles. The molecule has 6 nitrogen and oxygen atoms in total. The van der Waals surface area contributed by atoms with E-state index in [2.05, 4.69) is 20.8 Å². The third-order valence-corrected chi connectivity index (χ3v) is 5.50. The number of halogens is 3. The van der Waals surface area contributed by atoms with Gasteiger partial charge in [-0.2, -0.15) is 13.2 Å². The van der Waals surface area contributed by atoms with E-state index in [1.54, 1.807) is 12.1 Å². The zero-order valence-electron chi connectivity index (χ0n) is 18.0. The smallest absolute Gasteiger partial charge is 0.402 e. The Bertz CT molecular complexity index is 1100. The topological polar surface area (TPSA) is 75.9 Å². The summed E-state index contributed by atoms with van der Waals surface area (Å²) >= 11 is 0. The monoisotopic (exact) mass is 433 g/mol. The van der Waals surface area contributed by atoms with Crippen molar-refractivity contribution < 1.29 is 17.6 Å². The molecule has 0 unspecified atom stereocenters.